The highest BCUT2D eigenvalue weighted by Gasteiger charge is 2.35. The van der Waals surface area contributed by atoms with Crippen LogP contribution < -0.4 is 15.5 Å². The van der Waals surface area contributed by atoms with Crippen LogP contribution >= 0.6 is 0 Å². The Kier molecular flexibility index (Phi) is 6.97. The highest BCUT2D eigenvalue weighted by molar-refractivity contribution is 5.99. The molecule has 3 heterocycles. The van der Waals surface area contributed by atoms with Crippen molar-refractivity contribution in [3.63, 3.8) is 0 Å². The molecular formula is C21H26F3N5O2. The van der Waals surface area contributed by atoms with Gasteiger partial charge in [0.1, 0.15) is 5.82 Å². The average molecular weight is 437 g/mol. The Morgan fingerprint density at radius 3 is 2.68 bits per heavy atom. The maximum Gasteiger partial charge on any atom is 0.251 e. The molecule has 7 nitrogen and oxygen atoms in total. The summed E-state index contributed by atoms with van der Waals surface area (Å²) in [6.07, 6.45) is 3.56. The van der Waals surface area contributed by atoms with E-state index in [-0.39, 0.29) is 43.6 Å². The van der Waals surface area contributed by atoms with E-state index < -0.39 is 23.9 Å². The van der Waals surface area contributed by atoms with Crippen LogP contribution in [0, 0.1) is 11.8 Å². The van der Waals surface area contributed by atoms with Gasteiger partial charge in [0, 0.05) is 44.3 Å². The summed E-state index contributed by atoms with van der Waals surface area (Å²) in [5.41, 5.74) is 0.860. The summed E-state index contributed by atoms with van der Waals surface area (Å²) in [7, 11) is 0. The van der Waals surface area contributed by atoms with Crippen LogP contribution in [-0.2, 0) is 9.59 Å². The number of alkyl halides is 3. The highest BCUT2D eigenvalue weighted by atomic mass is 19.3. The fourth-order valence-corrected chi connectivity index (χ4v) is 3.33. The highest BCUT2D eigenvalue weighted by Crippen LogP contribution is 2.33. The van der Waals surface area contributed by atoms with Crippen molar-refractivity contribution in [2.75, 3.05) is 23.3 Å². The molecule has 0 saturated carbocycles. The number of amides is 2. The second-order valence-corrected chi connectivity index (χ2v) is 7.82. The van der Waals surface area contributed by atoms with Crippen molar-refractivity contribution in [1.29, 1.82) is 0 Å². The minimum Gasteiger partial charge on any atom is -0.369 e. The van der Waals surface area contributed by atoms with E-state index in [1.165, 1.54) is 18.5 Å². The second-order valence-electron chi connectivity index (χ2n) is 7.82. The Morgan fingerprint density at radius 2 is 2.00 bits per heavy atom. The Labute approximate surface area is 178 Å². The Bertz CT molecular complexity index is 880. The topological polar surface area (TPSA) is 86.7 Å². The van der Waals surface area contributed by atoms with E-state index in [9.17, 15) is 22.8 Å². The molecule has 31 heavy (non-hydrogen) atoms. The van der Waals surface area contributed by atoms with E-state index >= 15 is 0 Å². The number of piperidine rings is 1. The molecule has 0 spiro atoms. The third-order valence-corrected chi connectivity index (χ3v) is 5.54. The lowest BCUT2D eigenvalue weighted by atomic mass is 10.0. The van der Waals surface area contributed by atoms with E-state index in [0.717, 1.165) is 6.21 Å². The second kappa shape index (κ2) is 9.49. The van der Waals surface area contributed by atoms with Crippen LogP contribution in [-0.4, -0.2) is 48.2 Å². The molecule has 3 atom stereocenters. The molecule has 10 heteroatoms. The van der Waals surface area contributed by atoms with Crippen molar-refractivity contribution in [2.24, 2.45) is 16.8 Å². The quantitative estimate of drug-likeness (QED) is 0.715. The Morgan fingerprint density at radius 1 is 1.29 bits per heavy atom. The summed E-state index contributed by atoms with van der Waals surface area (Å²) < 4.78 is 41.4. The zero-order chi connectivity index (χ0) is 22.6. The molecule has 1 saturated heterocycles. The number of aromatic nitrogens is 1. The monoisotopic (exact) mass is 437 g/mol. The van der Waals surface area contributed by atoms with Gasteiger partial charge < -0.3 is 15.5 Å². The van der Waals surface area contributed by atoms with Crippen LogP contribution in [0.5, 0.6) is 0 Å². The van der Waals surface area contributed by atoms with Crippen molar-refractivity contribution in [3.8, 4) is 0 Å². The van der Waals surface area contributed by atoms with Gasteiger partial charge in [0.25, 0.3) is 5.92 Å². The lowest BCUT2D eigenvalue weighted by Gasteiger charge is -2.34. The van der Waals surface area contributed by atoms with Crippen LogP contribution in [0.2, 0.25) is 0 Å². The molecule has 2 aliphatic rings. The van der Waals surface area contributed by atoms with Gasteiger partial charge in [-0.2, -0.15) is 0 Å². The predicted octanol–water partition coefficient (Wildman–Crippen LogP) is 3.30. The standard InChI is InChI=1S/C21H26F3N5O2/c1-3-13(2)19(30)28-18-10-14(15(22)11-26-18)20(31)27-16-12-25-7-4-17(16)29-8-5-21(23,24)6-9-29/h4,7,10-15H,3,5-6,8-9H2,1-2H3,(H,27,31)(H,28,30). The van der Waals surface area contributed by atoms with E-state index in [2.05, 4.69) is 20.6 Å². The average Bonchev–Trinajstić information content (AvgIpc) is 2.75. The first kappa shape index (κ1) is 22.8. The fourth-order valence-electron chi connectivity index (χ4n) is 3.33. The van der Waals surface area contributed by atoms with Crippen molar-refractivity contribution in [3.05, 3.63) is 30.4 Å². The van der Waals surface area contributed by atoms with Crippen LogP contribution in [0.25, 0.3) is 0 Å². The third kappa shape index (κ3) is 5.62. The number of hydrogen-bond donors (Lipinski definition) is 2. The van der Waals surface area contributed by atoms with Crippen LogP contribution in [0.4, 0.5) is 24.5 Å². The maximum absolute atomic E-state index is 14.4. The first-order chi connectivity index (χ1) is 14.7. The van der Waals surface area contributed by atoms with Gasteiger partial charge in [-0.05, 0) is 18.6 Å². The molecule has 2 amide bonds. The third-order valence-electron chi connectivity index (χ3n) is 5.54. The molecule has 0 aliphatic carbocycles. The molecule has 2 N–H and O–H groups in total. The van der Waals surface area contributed by atoms with Gasteiger partial charge in [0.05, 0.1) is 23.5 Å². The summed E-state index contributed by atoms with van der Waals surface area (Å²) >= 11 is 0. The number of anilines is 2. The minimum atomic E-state index is -2.70. The predicted molar refractivity (Wildman–Crippen MR) is 112 cm³/mol. The van der Waals surface area contributed by atoms with Crippen molar-refractivity contribution in [1.82, 2.24) is 10.3 Å². The number of carbonyl (C=O) groups excluding carboxylic acids is 2. The molecule has 0 aromatic carbocycles. The van der Waals surface area contributed by atoms with Gasteiger partial charge >= 0.3 is 0 Å². The molecule has 0 bridgehead atoms. The maximum atomic E-state index is 14.4. The van der Waals surface area contributed by atoms with Gasteiger partial charge in [0.15, 0.2) is 6.17 Å². The number of hydrogen-bond acceptors (Lipinski definition) is 5. The van der Waals surface area contributed by atoms with E-state index in [0.29, 0.717) is 17.8 Å². The molecule has 1 aromatic rings. The van der Waals surface area contributed by atoms with E-state index in [1.807, 2.05) is 6.92 Å². The van der Waals surface area contributed by atoms with E-state index in [4.69, 9.17) is 0 Å². The van der Waals surface area contributed by atoms with Crippen LogP contribution in [0.1, 0.15) is 33.1 Å². The van der Waals surface area contributed by atoms with E-state index in [1.54, 1.807) is 17.9 Å². The van der Waals surface area contributed by atoms with Gasteiger partial charge in [0.2, 0.25) is 11.8 Å². The van der Waals surface area contributed by atoms with Crippen molar-refractivity contribution >= 4 is 29.4 Å². The first-order valence-electron chi connectivity index (χ1n) is 10.3. The largest absolute Gasteiger partial charge is 0.369 e. The number of halogens is 3. The number of aliphatic imine (C=N–C) groups is 1. The zero-order valence-electron chi connectivity index (χ0n) is 17.4. The van der Waals surface area contributed by atoms with Crippen LogP contribution in [0.3, 0.4) is 0 Å². The van der Waals surface area contributed by atoms with Crippen LogP contribution in [0.15, 0.2) is 35.3 Å². The molecule has 0 radical (unpaired) electrons. The lowest BCUT2D eigenvalue weighted by molar-refractivity contribution is -0.124. The summed E-state index contributed by atoms with van der Waals surface area (Å²) in [5, 5.41) is 5.24. The Balaban J connectivity index is 1.72. The SMILES string of the molecule is CCC(C)C(=O)NC1=CC(C(=O)Nc2cnccc2N2CCC(F)(F)CC2)C(F)C=N1. The Hall–Kier alpha value is -2.91. The van der Waals surface area contributed by atoms with Gasteiger partial charge in [-0.1, -0.05) is 13.8 Å². The lowest BCUT2D eigenvalue weighted by Crippen LogP contribution is -2.40. The molecule has 1 fully saturated rings. The summed E-state index contributed by atoms with van der Waals surface area (Å²) in [6, 6.07) is 1.63. The molecule has 3 rings (SSSR count). The number of carbonyl (C=O) groups is 2. The number of nitrogens with one attached hydrogen (secondary N) is 2. The molecule has 3 unspecified atom stereocenters. The smallest absolute Gasteiger partial charge is 0.251 e. The summed E-state index contributed by atoms with van der Waals surface area (Å²) in [4.78, 5) is 34.5. The molecule has 1 aromatic heterocycles. The van der Waals surface area contributed by atoms with Crippen molar-refractivity contribution in [2.45, 2.75) is 45.2 Å². The number of nitrogens with zero attached hydrogens (tertiary/aromatic N) is 3. The van der Waals surface area contributed by atoms with Gasteiger partial charge in [-0.25, -0.2) is 18.2 Å². The molecule has 168 valence electrons. The zero-order valence-corrected chi connectivity index (χ0v) is 17.4. The summed E-state index contributed by atoms with van der Waals surface area (Å²) in [5.74, 6) is -4.95. The number of rotatable bonds is 6. The summed E-state index contributed by atoms with van der Waals surface area (Å²) in [6.45, 7) is 3.89. The molecular weight excluding hydrogens is 411 g/mol. The first-order valence-corrected chi connectivity index (χ1v) is 10.3. The normalized spacial score (nSPS) is 23.6. The number of pyridine rings is 1. The van der Waals surface area contributed by atoms with Gasteiger partial charge in [-0.3, -0.25) is 14.6 Å². The minimum absolute atomic E-state index is 0.115. The fraction of sp³-hybridized carbons (Fsp3) is 0.524. The molecule has 2 aliphatic heterocycles. The van der Waals surface area contributed by atoms with Crippen molar-refractivity contribution < 1.29 is 22.8 Å². The van der Waals surface area contributed by atoms with Gasteiger partial charge in [-0.15, -0.1) is 0 Å².